The second-order valence-corrected chi connectivity index (χ2v) is 13.0. The van der Waals surface area contributed by atoms with Crippen molar-refractivity contribution in [3.8, 4) is 22.8 Å². The van der Waals surface area contributed by atoms with Crippen molar-refractivity contribution >= 4 is 5.91 Å². The molecule has 246 valence electrons. The summed E-state index contributed by atoms with van der Waals surface area (Å²) in [6, 6.07) is 16.0. The van der Waals surface area contributed by atoms with E-state index < -0.39 is 5.82 Å². The first-order valence-electron chi connectivity index (χ1n) is 16.7. The van der Waals surface area contributed by atoms with Crippen LogP contribution in [0.25, 0.3) is 11.1 Å². The number of hydrogen-bond donors (Lipinski definition) is 2. The molecule has 1 aromatic heterocycles. The molecule has 0 spiro atoms. The Hall–Kier alpha value is -3.41. The number of likely N-dealkylation sites (N-methyl/N-ethyl adjacent to an activating group) is 1. The lowest BCUT2D eigenvalue weighted by molar-refractivity contribution is 0.0339. The van der Waals surface area contributed by atoms with Gasteiger partial charge in [-0.25, -0.2) is 9.37 Å². The summed E-state index contributed by atoms with van der Waals surface area (Å²) in [6.07, 6.45) is 5.50. The van der Waals surface area contributed by atoms with Crippen LogP contribution in [-0.2, 0) is 17.8 Å². The predicted octanol–water partition coefficient (Wildman–Crippen LogP) is 4.65. The van der Waals surface area contributed by atoms with Gasteiger partial charge in [-0.15, -0.1) is 0 Å². The summed E-state index contributed by atoms with van der Waals surface area (Å²) in [6.45, 7) is 8.30. The molecule has 10 heteroatoms. The van der Waals surface area contributed by atoms with E-state index in [9.17, 15) is 9.18 Å². The van der Waals surface area contributed by atoms with E-state index in [0.717, 1.165) is 99.8 Å². The topological polar surface area (TPSA) is 96.2 Å². The Morgan fingerprint density at radius 2 is 1.74 bits per heavy atom. The molecule has 3 N–H and O–H groups in total. The van der Waals surface area contributed by atoms with Crippen LogP contribution < -0.4 is 15.8 Å². The van der Waals surface area contributed by atoms with Crippen molar-refractivity contribution in [2.75, 3.05) is 59.5 Å². The van der Waals surface area contributed by atoms with Gasteiger partial charge in [0.1, 0.15) is 17.1 Å². The fourth-order valence-corrected chi connectivity index (χ4v) is 6.75. The summed E-state index contributed by atoms with van der Waals surface area (Å²) in [7, 11) is 2.17. The van der Waals surface area contributed by atoms with Gasteiger partial charge in [-0.1, -0.05) is 42.5 Å². The number of aromatic nitrogens is 1. The van der Waals surface area contributed by atoms with Crippen molar-refractivity contribution in [1.29, 1.82) is 0 Å². The SMILES string of the molecule is CN1CCCN(Cc2ccc(-c3ccccc3)c(CN3CCOCC3)c2Oc2ncc(F)cc2C(=O)NC2CCC(N)CC2)CC1. The number of benzene rings is 2. The normalized spacial score (nSPS) is 21.9. The third kappa shape index (κ3) is 8.29. The maximum absolute atomic E-state index is 14.7. The molecule has 2 aromatic carbocycles. The van der Waals surface area contributed by atoms with Crippen LogP contribution in [0.3, 0.4) is 0 Å². The van der Waals surface area contributed by atoms with E-state index in [1.165, 1.54) is 6.07 Å². The average Bonchev–Trinajstić information content (AvgIpc) is 3.28. The Morgan fingerprint density at radius 3 is 2.52 bits per heavy atom. The molecule has 3 aliphatic rings. The molecule has 3 fully saturated rings. The summed E-state index contributed by atoms with van der Waals surface area (Å²) < 4.78 is 27.1. The highest BCUT2D eigenvalue weighted by atomic mass is 19.1. The molecule has 0 atom stereocenters. The van der Waals surface area contributed by atoms with Gasteiger partial charge in [0.2, 0.25) is 5.88 Å². The maximum Gasteiger partial charge on any atom is 0.257 e. The van der Waals surface area contributed by atoms with Gasteiger partial charge in [-0.2, -0.15) is 0 Å². The van der Waals surface area contributed by atoms with E-state index in [-0.39, 0.29) is 29.4 Å². The Kier molecular flexibility index (Phi) is 10.9. The summed E-state index contributed by atoms with van der Waals surface area (Å²) in [5.74, 6) is -0.170. The molecule has 1 amide bonds. The van der Waals surface area contributed by atoms with Gasteiger partial charge in [-0.05, 0) is 69.4 Å². The molecular formula is C36H47FN6O3. The van der Waals surface area contributed by atoms with Crippen molar-refractivity contribution in [1.82, 2.24) is 25.0 Å². The molecule has 0 radical (unpaired) electrons. The zero-order chi connectivity index (χ0) is 31.9. The van der Waals surface area contributed by atoms with Crippen LogP contribution in [0, 0.1) is 5.82 Å². The zero-order valence-corrected chi connectivity index (χ0v) is 26.9. The first kappa shape index (κ1) is 32.5. The number of carbonyl (C=O) groups excluding carboxylic acids is 1. The number of carbonyl (C=O) groups is 1. The van der Waals surface area contributed by atoms with Crippen LogP contribution in [0.1, 0.15) is 53.6 Å². The van der Waals surface area contributed by atoms with E-state index in [0.29, 0.717) is 32.1 Å². The van der Waals surface area contributed by atoms with Crippen molar-refractivity contribution in [2.24, 2.45) is 5.73 Å². The quantitative estimate of drug-likeness (QED) is 0.353. The summed E-state index contributed by atoms with van der Waals surface area (Å²) in [5.41, 5.74) is 10.4. The minimum Gasteiger partial charge on any atom is -0.437 e. The smallest absolute Gasteiger partial charge is 0.257 e. The lowest BCUT2D eigenvalue weighted by Gasteiger charge is -2.30. The van der Waals surface area contributed by atoms with Crippen molar-refractivity contribution in [3.05, 3.63) is 77.2 Å². The van der Waals surface area contributed by atoms with Gasteiger partial charge < -0.3 is 25.4 Å². The summed E-state index contributed by atoms with van der Waals surface area (Å²) in [5, 5.41) is 3.10. The average molecular weight is 631 g/mol. The van der Waals surface area contributed by atoms with Crippen LogP contribution in [-0.4, -0.2) is 97.2 Å². The number of rotatable bonds is 9. The first-order chi connectivity index (χ1) is 22.4. The highest BCUT2D eigenvalue weighted by Gasteiger charge is 2.27. The number of morpholine rings is 1. The molecule has 0 unspecified atom stereocenters. The third-order valence-corrected chi connectivity index (χ3v) is 9.49. The largest absolute Gasteiger partial charge is 0.437 e. The number of halogens is 1. The number of ether oxygens (including phenoxy) is 2. The van der Waals surface area contributed by atoms with Crippen LogP contribution in [0.2, 0.25) is 0 Å². The number of nitrogens with one attached hydrogen (secondary N) is 1. The lowest BCUT2D eigenvalue weighted by atomic mass is 9.91. The molecule has 6 rings (SSSR count). The van der Waals surface area contributed by atoms with E-state index in [1.807, 2.05) is 18.2 Å². The molecule has 1 saturated carbocycles. The molecule has 2 aliphatic heterocycles. The van der Waals surface area contributed by atoms with Crippen LogP contribution >= 0.6 is 0 Å². The van der Waals surface area contributed by atoms with Gasteiger partial charge in [0, 0.05) is 62.5 Å². The molecule has 9 nitrogen and oxygen atoms in total. The molecule has 3 heterocycles. The minimum atomic E-state index is -0.580. The van der Waals surface area contributed by atoms with Gasteiger partial charge in [0.25, 0.3) is 5.91 Å². The molecule has 1 aliphatic carbocycles. The molecule has 46 heavy (non-hydrogen) atoms. The van der Waals surface area contributed by atoms with Gasteiger partial charge in [0.15, 0.2) is 0 Å². The molecule has 3 aromatic rings. The second kappa shape index (κ2) is 15.5. The fraction of sp³-hybridized carbons (Fsp3) is 0.500. The van der Waals surface area contributed by atoms with Gasteiger partial charge in [0.05, 0.1) is 19.4 Å². The number of amides is 1. The lowest BCUT2D eigenvalue weighted by Crippen LogP contribution is -2.40. The highest BCUT2D eigenvalue weighted by Crippen LogP contribution is 2.39. The van der Waals surface area contributed by atoms with Crippen molar-refractivity contribution < 1.29 is 18.7 Å². The van der Waals surface area contributed by atoms with E-state index in [4.69, 9.17) is 15.2 Å². The Balaban J connectivity index is 1.40. The monoisotopic (exact) mass is 630 g/mol. The number of nitrogens with zero attached hydrogens (tertiary/aromatic N) is 4. The standard InChI is InChI=1S/C36H47FN6O3/c1-41-14-5-15-42(17-16-41)24-27-8-13-31(26-6-3-2-4-7-26)33(25-43-18-20-45-21-19-43)34(27)46-36-32(22-28(37)23-39-36)35(44)40-30-11-9-29(38)10-12-30/h2-4,6-8,13,22-23,29-30H,5,9-12,14-21,24-25,38H2,1H3,(H,40,44). The third-order valence-electron chi connectivity index (χ3n) is 9.49. The summed E-state index contributed by atoms with van der Waals surface area (Å²) in [4.78, 5) is 25.2. The predicted molar refractivity (Wildman–Crippen MR) is 177 cm³/mol. The Morgan fingerprint density at radius 1 is 0.978 bits per heavy atom. The first-order valence-corrected chi connectivity index (χ1v) is 16.7. The highest BCUT2D eigenvalue weighted by molar-refractivity contribution is 5.96. The number of nitrogens with two attached hydrogens (primary N) is 1. The molecule has 2 saturated heterocycles. The van der Waals surface area contributed by atoms with E-state index >= 15 is 0 Å². The van der Waals surface area contributed by atoms with Gasteiger partial charge >= 0.3 is 0 Å². The van der Waals surface area contributed by atoms with Crippen molar-refractivity contribution in [2.45, 2.75) is 57.3 Å². The number of pyridine rings is 1. The van der Waals surface area contributed by atoms with Crippen LogP contribution in [0.5, 0.6) is 11.6 Å². The van der Waals surface area contributed by atoms with Crippen molar-refractivity contribution in [3.63, 3.8) is 0 Å². The fourth-order valence-electron chi connectivity index (χ4n) is 6.75. The second-order valence-electron chi connectivity index (χ2n) is 13.0. The zero-order valence-electron chi connectivity index (χ0n) is 26.9. The maximum atomic E-state index is 14.7. The summed E-state index contributed by atoms with van der Waals surface area (Å²) >= 11 is 0. The van der Waals surface area contributed by atoms with E-state index in [2.05, 4.69) is 56.3 Å². The number of hydrogen-bond acceptors (Lipinski definition) is 8. The Labute approximate surface area is 271 Å². The van der Waals surface area contributed by atoms with Crippen LogP contribution in [0.4, 0.5) is 4.39 Å². The van der Waals surface area contributed by atoms with Gasteiger partial charge in [-0.3, -0.25) is 14.6 Å². The molecule has 0 bridgehead atoms. The molecular weight excluding hydrogens is 583 g/mol. The van der Waals surface area contributed by atoms with E-state index in [1.54, 1.807) is 0 Å². The minimum absolute atomic E-state index is 0.0153. The van der Waals surface area contributed by atoms with Crippen LogP contribution in [0.15, 0.2) is 54.7 Å². The Bertz CT molecular complexity index is 1460.